The van der Waals surface area contributed by atoms with Crippen LogP contribution in [0.1, 0.15) is 9.75 Å². The van der Waals surface area contributed by atoms with E-state index in [0.29, 0.717) is 5.02 Å². The van der Waals surface area contributed by atoms with E-state index in [1.807, 2.05) is 19.1 Å². The summed E-state index contributed by atoms with van der Waals surface area (Å²) < 4.78 is 27.5. The van der Waals surface area contributed by atoms with Crippen molar-refractivity contribution in [1.29, 1.82) is 0 Å². The van der Waals surface area contributed by atoms with Crippen molar-refractivity contribution in [3.63, 3.8) is 0 Å². The number of benzene rings is 2. The maximum atomic E-state index is 12.6. The molecule has 8 nitrogen and oxygen atoms in total. The van der Waals surface area contributed by atoms with Crippen molar-refractivity contribution in [2.75, 3.05) is 10.1 Å². The van der Waals surface area contributed by atoms with Gasteiger partial charge in [-0.25, -0.2) is 8.42 Å². The number of hydrogen-bond acceptors (Lipinski definition) is 7. The number of sulfonamides is 1. The van der Waals surface area contributed by atoms with Crippen molar-refractivity contribution >= 4 is 56.2 Å². The Labute approximate surface area is 176 Å². The van der Waals surface area contributed by atoms with Crippen molar-refractivity contribution in [3.8, 4) is 0 Å². The quantitative estimate of drug-likeness (QED) is 0.303. The molecule has 150 valence electrons. The Morgan fingerprint density at radius 1 is 1.17 bits per heavy atom. The molecule has 2 aromatic carbocycles. The van der Waals surface area contributed by atoms with Crippen LogP contribution in [-0.2, 0) is 10.0 Å². The Morgan fingerprint density at radius 2 is 1.97 bits per heavy atom. The molecule has 0 radical (unpaired) electrons. The molecule has 0 spiro atoms. The minimum atomic E-state index is -4.04. The Balaban J connectivity index is 1.85. The fourth-order valence-corrected chi connectivity index (χ4v) is 4.39. The predicted octanol–water partition coefficient (Wildman–Crippen LogP) is 4.86. The lowest BCUT2D eigenvalue weighted by atomic mass is 10.3. The Hall–Kier alpha value is -2.95. The molecule has 0 aliphatic carbocycles. The first kappa shape index (κ1) is 20.8. The second kappa shape index (κ2) is 8.60. The van der Waals surface area contributed by atoms with Crippen LogP contribution >= 0.6 is 22.9 Å². The number of hydrazone groups is 1. The third-order valence-electron chi connectivity index (χ3n) is 3.69. The highest BCUT2D eigenvalue weighted by molar-refractivity contribution is 7.92. The molecule has 0 unspecified atom stereocenters. The predicted molar refractivity (Wildman–Crippen MR) is 116 cm³/mol. The molecule has 0 aliphatic heterocycles. The van der Waals surface area contributed by atoms with E-state index in [4.69, 9.17) is 11.6 Å². The van der Waals surface area contributed by atoms with Crippen LogP contribution in [0, 0.1) is 17.0 Å². The number of hydrogen-bond donors (Lipinski definition) is 2. The fraction of sp³-hybridized carbons (Fsp3) is 0.0556. The number of nitro benzene ring substituents is 1. The summed E-state index contributed by atoms with van der Waals surface area (Å²) in [5, 5.41) is 15.8. The fourth-order valence-electron chi connectivity index (χ4n) is 2.38. The van der Waals surface area contributed by atoms with E-state index in [-0.39, 0.29) is 16.3 Å². The molecule has 0 bridgehead atoms. The molecular formula is C18H15ClN4O4S2. The number of rotatable bonds is 7. The molecule has 2 N–H and O–H groups in total. The van der Waals surface area contributed by atoms with E-state index in [1.54, 1.807) is 12.1 Å². The molecule has 3 rings (SSSR count). The van der Waals surface area contributed by atoms with Gasteiger partial charge < -0.3 is 0 Å². The molecule has 3 aromatic rings. The third-order valence-corrected chi connectivity index (χ3v) is 6.24. The average Bonchev–Trinajstić information content (AvgIpc) is 3.06. The minimum Gasteiger partial charge on any atom is -0.280 e. The first-order valence-corrected chi connectivity index (χ1v) is 10.8. The summed E-state index contributed by atoms with van der Waals surface area (Å²) in [5.41, 5.74) is 2.49. The Bertz CT molecular complexity index is 1190. The Kier molecular flexibility index (Phi) is 6.16. The van der Waals surface area contributed by atoms with Crippen LogP contribution < -0.4 is 10.1 Å². The number of thiophene rings is 1. The maximum absolute atomic E-state index is 12.6. The summed E-state index contributed by atoms with van der Waals surface area (Å²) in [4.78, 5) is 12.5. The van der Waals surface area contributed by atoms with E-state index in [1.165, 1.54) is 41.8 Å². The van der Waals surface area contributed by atoms with Gasteiger partial charge in [-0.1, -0.05) is 17.7 Å². The molecule has 0 fully saturated rings. The van der Waals surface area contributed by atoms with Gasteiger partial charge in [0.2, 0.25) is 0 Å². The summed E-state index contributed by atoms with van der Waals surface area (Å²) in [5.74, 6) is 0. The highest BCUT2D eigenvalue weighted by Gasteiger charge is 2.21. The van der Waals surface area contributed by atoms with Gasteiger partial charge in [0.15, 0.2) is 0 Å². The van der Waals surface area contributed by atoms with Gasteiger partial charge >= 0.3 is 0 Å². The molecule has 1 heterocycles. The number of halogens is 1. The molecule has 0 saturated carbocycles. The van der Waals surface area contributed by atoms with Crippen LogP contribution in [0.5, 0.6) is 0 Å². The van der Waals surface area contributed by atoms with Crippen LogP contribution in [0.3, 0.4) is 0 Å². The number of nitrogens with zero attached hydrogens (tertiary/aromatic N) is 2. The standard InChI is InChI=1S/C18H15ClN4O4S2/c1-12-5-6-15(28-12)11-20-21-17-8-7-16(10-18(17)23(24)25)29(26,27)22-14-4-2-3-13(19)9-14/h2-11,21-22H,1H3. The van der Waals surface area contributed by atoms with Crippen LogP contribution in [0.4, 0.5) is 17.1 Å². The topological polar surface area (TPSA) is 114 Å². The average molecular weight is 451 g/mol. The maximum Gasteiger partial charge on any atom is 0.295 e. The van der Waals surface area contributed by atoms with Gasteiger partial charge in [0, 0.05) is 20.8 Å². The number of nitrogens with one attached hydrogen (secondary N) is 2. The van der Waals surface area contributed by atoms with Gasteiger partial charge in [0.1, 0.15) is 5.69 Å². The zero-order chi connectivity index (χ0) is 21.0. The van der Waals surface area contributed by atoms with Crippen LogP contribution in [-0.4, -0.2) is 19.6 Å². The zero-order valence-electron chi connectivity index (χ0n) is 15.0. The summed E-state index contributed by atoms with van der Waals surface area (Å²) in [6.45, 7) is 1.96. The summed E-state index contributed by atoms with van der Waals surface area (Å²) in [7, 11) is -4.04. The smallest absolute Gasteiger partial charge is 0.280 e. The van der Waals surface area contributed by atoms with Gasteiger partial charge in [-0.2, -0.15) is 5.10 Å². The van der Waals surface area contributed by atoms with E-state index in [2.05, 4.69) is 15.2 Å². The van der Waals surface area contributed by atoms with Gasteiger partial charge in [-0.3, -0.25) is 20.3 Å². The van der Waals surface area contributed by atoms with Crippen molar-refractivity contribution in [3.05, 3.63) is 79.5 Å². The molecular weight excluding hydrogens is 436 g/mol. The van der Waals surface area contributed by atoms with Crippen molar-refractivity contribution < 1.29 is 13.3 Å². The summed E-state index contributed by atoms with van der Waals surface area (Å²) in [6, 6.07) is 13.5. The van der Waals surface area contributed by atoms with Gasteiger partial charge in [-0.15, -0.1) is 11.3 Å². The molecule has 11 heteroatoms. The van der Waals surface area contributed by atoms with Gasteiger partial charge in [0.05, 0.1) is 21.7 Å². The highest BCUT2D eigenvalue weighted by atomic mass is 35.5. The molecule has 1 aromatic heterocycles. The second-order valence-corrected chi connectivity index (χ2v) is 9.31. The monoisotopic (exact) mass is 450 g/mol. The van der Waals surface area contributed by atoms with E-state index in [0.717, 1.165) is 15.8 Å². The number of aryl methyl sites for hydroxylation is 1. The molecule has 0 aliphatic rings. The van der Waals surface area contributed by atoms with E-state index < -0.39 is 20.6 Å². The lowest BCUT2D eigenvalue weighted by Crippen LogP contribution is -2.13. The largest absolute Gasteiger partial charge is 0.295 e. The molecule has 0 atom stereocenters. The number of anilines is 2. The third kappa shape index (κ3) is 5.31. The lowest BCUT2D eigenvalue weighted by Gasteiger charge is -2.09. The van der Waals surface area contributed by atoms with E-state index in [9.17, 15) is 18.5 Å². The lowest BCUT2D eigenvalue weighted by molar-refractivity contribution is -0.384. The normalized spacial score (nSPS) is 11.5. The van der Waals surface area contributed by atoms with Crippen molar-refractivity contribution in [1.82, 2.24) is 0 Å². The van der Waals surface area contributed by atoms with E-state index >= 15 is 0 Å². The first-order chi connectivity index (χ1) is 13.7. The molecule has 29 heavy (non-hydrogen) atoms. The van der Waals surface area contributed by atoms with Crippen LogP contribution in [0.2, 0.25) is 5.02 Å². The molecule has 0 amide bonds. The van der Waals surface area contributed by atoms with Gasteiger partial charge in [0.25, 0.3) is 15.7 Å². The summed E-state index contributed by atoms with van der Waals surface area (Å²) >= 11 is 7.38. The summed E-state index contributed by atoms with van der Waals surface area (Å²) in [6.07, 6.45) is 1.53. The second-order valence-electron chi connectivity index (χ2n) is 5.87. The highest BCUT2D eigenvalue weighted by Crippen LogP contribution is 2.29. The zero-order valence-corrected chi connectivity index (χ0v) is 17.4. The van der Waals surface area contributed by atoms with Crippen molar-refractivity contribution in [2.24, 2.45) is 5.10 Å². The minimum absolute atomic E-state index is 0.0706. The van der Waals surface area contributed by atoms with Gasteiger partial charge in [-0.05, 0) is 49.4 Å². The molecule has 0 saturated heterocycles. The SMILES string of the molecule is Cc1ccc(C=NNc2ccc(S(=O)(=O)Nc3cccc(Cl)c3)cc2[N+](=O)[O-])s1. The van der Waals surface area contributed by atoms with Crippen molar-refractivity contribution in [2.45, 2.75) is 11.8 Å². The van der Waals surface area contributed by atoms with Crippen LogP contribution in [0.15, 0.2) is 64.6 Å². The first-order valence-electron chi connectivity index (χ1n) is 8.17. The number of nitro groups is 1. The Morgan fingerprint density at radius 3 is 2.62 bits per heavy atom. The van der Waals surface area contributed by atoms with Crippen LogP contribution in [0.25, 0.3) is 0 Å².